The maximum Gasteiger partial charge on any atom is 0.331 e. The summed E-state index contributed by atoms with van der Waals surface area (Å²) in [6.45, 7) is 2.85. The van der Waals surface area contributed by atoms with Gasteiger partial charge in [-0.1, -0.05) is 12.1 Å². The molecule has 1 aromatic carbocycles. The molecule has 0 heterocycles. The van der Waals surface area contributed by atoms with Gasteiger partial charge in [0, 0.05) is 19.1 Å². The lowest BCUT2D eigenvalue weighted by Gasteiger charge is -2.22. The van der Waals surface area contributed by atoms with Gasteiger partial charge in [-0.3, -0.25) is 14.9 Å². The summed E-state index contributed by atoms with van der Waals surface area (Å²) < 4.78 is 4.78. The minimum absolute atomic E-state index is 0.0799. The monoisotopic (exact) mass is 296 g/mol. The number of nitrogens with one attached hydrogen (secondary N) is 1. The fourth-order valence-electron chi connectivity index (χ4n) is 1.73. The number of aliphatic hydroxyl groups is 1. The number of aliphatic hydroxyl groups excluding tert-OH is 1. The van der Waals surface area contributed by atoms with Crippen LogP contribution in [0.1, 0.15) is 25.5 Å². The second kappa shape index (κ2) is 7.34. The minimum Gasteiger partial charge on any atom is -0.464 e. The summed E-state index contributed by atoms with van der Waals surface area (Å²) in [4.78, 5) is 33.0. The first-order valence-corrected chi connectivity index (χ1v) is 6.23. The first-order valence-electron chi connectivity index (χ1n) is 6.23. The van der Waals surface area contributed by atoms with Crippen LogP contribution in [0.3, 0.4) is 0 Å². The highest BCUT2D eigenvalue weighted by Gasteiger charge is 2.30. The third-order valence-corrected chi connectivity index (χ3v) is 2.64. The maximum absolute atomic E-state index is 11.8. The van der Waals surface area contributed by atoms with Gasteiger partial charge in [-0.25, -0.2) is 4.79 Å². The van der Waals surface area contributed by atoms with Crippen LogP contribution >= 0.6 is 0 Å². The Hall–Kier alpha value is -2.48. The van der Waals surface area contributed by atoms with E-state index in [0.29, 0.717) is 0 Å². The lowest BCUT2D eigenvalue weighted by molar-refractivity contribution is -0.385. The van der Waals surface area contributed by atoms with Gasteiger partial charge in [0.1, 0.15) is 6.10 Å². The fraction of sp³-hybridized carbons (Fsp3) is 0.385. The first kappa shape index (κ1) is 16.6. The Morgan fingerprint density at radius 1 is 1.48 bits per heavy atom. The number of nitro groups is 1. The van der Waals surface area contributed by atoms with Crippen LogP contribution in [0.15, 0.2) is 24.3 Å². The molecule has 0 aromatic heterocycles. The molecule has 0 bridgehead atoms. The minimum atomic E-state index is -1.45. The molecule has 0 spiro atoms. The molecule has 0 unspecified atom stereocenters. The zero-order valence-corrected chi connectivity index (χ0v) is 11.6. The number of amides is 1. The second-order valence-corrected chi connectivity index (χ2v) is 4.23. The van der Waals surface area contributed by atoms with Crippen molar-refractivity contribution in [3.8, 4) is 0 Å². The van der Waals surface area contributed by atoms with Crippen molar-refractivity contribution in [1.82, 2.24) is 5.32 Å². The molecule has 0 saturated heterocycles. The highest BCUT2D eigenvalue weighted by atomic mass is 16.6. The van der Waals surface area contributed by atoms with Gasteiger partial charge in [0.05, 0.1) is 11.5 Å². The predicted molar refractivity (Wildman–Crippen MR) is 72.3 cm³/mol. The molecular weight excluding hydrogens is 280 g/mol. The summed E-state index contributed by atoms with van der Waals surface area (Å²) in [5, 5.41) is 23.2. The van der Waals surface area contributed by atoms with Crippen LogP contribution in [-0.4, -0.2) is 34.6 Å². The van der Waals surface area contributed by atoms with Crippen molar-refractivity contribution in [3.63, 3.8) is 0 Å². The second-order valence-electron chi connectivity index (χ2n) is 4.23. The standard InChI is InChI=1S/C13H16N2O6/c1-3-21-13(18)11(14-8(2)16)12(17)9-5-4-6-10(7-9)15(19)20/h4-7,11-12,17H,3H2,1-2H3,(H,14,16)/t11-,12-/m0/s1. The smallest absolute Gasteiger partial charge is 0.331 e. The van der Waals surface area contributed by atoms with Crippen LogP contribution in [0.25, 0.3) is 0 Å². The lowest BCUT2D eigenvalue weighted by atomic mass is 10.0. The zero-order valence-electron chi connectivity index (χ0n) is 11.6. The molecule has 1 rings (SSSR count). The summed E-state index contributed by atoms with van der Waals surface area (Å²) >= 11 is 0. The number of carbonyl (C=O) groups is 2. The molecule has 1 amide bonds. The average molecular weight is 296 g/mol. The highest BCUT2D eigenvalue weighted by molar-refractivity contribution is 5.84. The largest absolute Gasteiger partial charge is 0.464 e. The quantitative estimate of drug-likeness (QED) is 0.453. The van der Waals surface area contributed by atoms with Crippen molar-refractivity contribution >= 4 is 17.6 Å². The van der Waals surface area contributed by atoms with Crippen molar-refractivity contribution in [2.24, 2.45) is 0 Å². The van der Waals surface area contributed by atoms with E-state index in [-0.39, 0.29) is 17.9 Å². The molecule has 2 N–H and O–H groups in total. The average Bonchev–Trinajstić information content (AvgIpc) is 2.44. The van der Waals surface area contributed by atoms with Crippen LogP contribution in [0, 0.1) is 10.1 Å². The molecule has 0 aliphatic heterocycles. The zero-order chi connectivity index (χ0) is 16.0. The van der Waals surface area contributed by atoms with Gasteiger partial charge >= 0.3 is 5.97 Å². The van der Waals surface area contributed by atoms with Gasteiger partial charge in [0.25, 0.3) is 5.69 Å². The normalized spacial score (nSPS) is 13.1. The van der Waals surface area contributed by atoms with Crippen LogP contribution in [0.4, 0.5) is 5.69 Å². The van der Waals surface area contributed by atoms with E-state index in [1.54, 1.807) is 6.92 Å². The SMILES string of the molecule is CCOC(=O)[C@@H](NC(C)=O)[C@@H](O)c1cccc([N+](=O)[O-])c1. The third-order valence-electron chi connectivity index (χ3n) is 2.64. The summed E-state index contributed by atoms with van der Waals surface area (Å²) in [5.74, 6) is -1.34. The molecule has 2 atom stereocenters. The molecule has 0 radical (unpaired) electrons. The Morgan fingerprint density at radius 3 is 2.67 bits per heavy atom. The van der Waals surface area contributed by atoms with Crippen LogP contribution < -0.4 is 5.32 Å². The van der Waals surface area contributed by atoms with Gasteiger partial charge < -0.3 is 15.2 Å². The van der Waals surface area contributed by atoms with Crippen molar-refractivity contribution in [2.75, 3.05) is 6.61 Å². The number of esters is 1. The number of carbonyl (C=O) groups excluding carboxylic acids is 2. The van der Waals surface area contributed by atoms with E-state index in [1.165, 1.54) is 25.1 Å². The summed E-state index contributed by atoms with van der Waals surface area (Å²) in [6, 6.07) is 3.87. The molecule has 1 aromatic rings. The summed E-state index contributed by atoms with van der Waals surface area (Å²) in [5.41, 5.74) is -0.0898. The summed E-state index contributed by atoms with van der Waals surface area (Å²) in [7, 11) is 0. The lowest BCUT2D eigenvalue weighted by Crippen LogP contribution is -2.45. The van der Waals surface area contributed by atoms with Gasteiger partial charge in [-0.05, 0) is 12.5 Å². The van der Waals surface area contributed by atoms with Gasteiger partial charge in [0.15, 0.2) is 6.04 Å². The van der Waals surface area contributed by atoms with Crippen LogP contribution in [-0.2, 0) is 14.3 Å². The van der Waals surface area contributed by atoms with Crippen molar-refractivity contribution < 1.29 is 24.4 Å². The van der Waals surface area contributed by atoms with E-state index in [2.05, 4.69) is 5.32 Å². The number of hydrogen-bond acceptors (Lipinski definition) is 6. The molecule has 114 valence electrons. The van der Waals surface area contributed by atoms with Crippen molar-refractivity contribution in [3.05, 3.63) is 39.9 Å². The number of ether oxygens (including phenoxy) is 1. The van der Waals surface area contributed by atoms with Crippen LogP contribution in [0.5, 0.6) is 0 Å². The van der Waals surface area contributed by atoms with Gasteiger partial charge in [-0.2, -0.15) is 0 Å². The number of non-ortho nitro benzene ring substituents is 1. The van der Waals surface area contributed by atoms with Crippen LogP contribution in [0.2, 0.25) is 0 Å². The Labute approximate surface area is 120 Å². The third kappa shape index (κ3) is 4.53. The molecular formula is C13H16N2O6. The highest BCUT2D eigenvalue weighted by Crippen LogP contribution is 2.22. The number of benzene rings is 1. The fourth-order valence-corrected chi connectivity index (χ4v) is 1.73. The Morgan fingerprint density at radius 2 is 2.14 bits per heavy atom. The number of nitro benzene ring substituents is 1. The first-order chi connectivity index (χ1) is 9.86. The molecule has 8 nitrogen and oxygen atoms in total. The van der Waals surface area contributed by atoms with Crippen molar-refractivity contribution in [1.29, 1.82) is 0 Å². The topological polar surface area (TPSA) is 119 Å². The maximum atomic E-state index is 11.8. The van der Waals surface area contributed by atoms with E-state index in [9.17, 15) is 24.8 Å². The number of nitrogens with zero attached hydrogens (tertiary/aromatic N) is 1. The predicted octanol–water partition coefficient (Wildman–Crippen LogP) is 0.696. The van der Waals surface area contributed by atoms with E-state index in [0.717, 1.165) is 6.07 Å². The number of rotatable bonds is 6. The molecule has 8 heteroatoms. The van der Waals surface area contributed by atoms with E-state index in [1.807, 2.05) is 0 Å². The van der Waals surface area contributed by atoms with Crippen molar-refractivity contribution in [2.45, 2.75) is 26.0 Å². The molecule has 0 aliphatic rings. The molecule has 0 aliphatic carbocycles. The van der Waals surface area contributed by atoms with Gasteiger partial charge in [0.2, 0.25) is 5.91 Å². The Balaban J connectivity index is 3.06. The van der Waals surface area contributed by atoms with Gasteiger partial charge in [-0.15, -0.1) is 0 Å². The number of hydrogen-bond donors (Lipinski definition) is 2. The Kier molecular flexibility index (Phi) is 5.79. The Bertz CT molecular complexity index is 545. The molecule has 0 saturated carbocycles. The molecule has 0 fully saturated rings. The molecule has 21 heavy (non-hydrogen) atoms. The van der Waals surface area contributed by atoms with E-state index in [4.69, 9.17) is 4.74 Å². The van der Waals surface area contributed by atoms with E-state index >= 15 is 0 Å². The summed E-state index contributed by atoms with van der Waals surface area (Å²) in [6.07, 6.45) is -1.45. The van der Waals surface area contributed by atoms with E-state index < -0.39 is 28.9 Å².